The third-order valence-electron chi connectivity index (χ3n) is 5.43. The maximum absolute atomic E-state index is 14.5. The minimum absolute atomic E-state index is 0.230. The third-order valence-corrected chi connectivity index (χ3v) is 5.43. The van der Waals surface area contributed by atoms with E-state index in [0.717, 1.165) is 16.9 Å². The summed E-state index contributed by atoms with van der Waals surface area (Å²) in [6.07, 6.45) is 7.40. The monoisotopic (exact) mass is 444 g/mol. The number of fused-ring (bicyclic) bond motifs is 2. The molecule has 33 heavy (non-hydrogen) atoms. The summed E-state index contributed by atoms with van der Waals surface area (Å²) >= 11 is 0. The molecule has 1 N–H and O–H groups in total. The highest BCUT2D eigenvalue weighted by atomic mass is 19.1. The fourth-order valence-corrected chi connectivity index (χ4v) is 3.89. The first-order valence-electron chi connectivity index (χ1n) is 10.4. The molecule has 0 radical (unpaired) electrons. The smallest absolute Gasteiger partial charge is 0.288 e. The Morgan fingerprint density at radius 3 is 2.79 bits per heavy atom. The van der Waals surface area contributed by atoms with Crippen molar-refractivity contribution in [3.63, 3.8) is 0 Å². The molecule has 0 saturated carbocycles. The number of aromatic nitrogens is 5. The lowest BCUT2D eigenvalue weighted by molar-refractivity contribution is 0.356. The molecule has 166 valence electrons. The molecular formula is C23H21FN8O. The quantitative estimate of drug-likeness (QED) is 0.456. The average Bonchev–Trinajstić information content (AvgIpc) is 3.46. The van der Waals surface area contributed by atoms with Crippen LogP contribution in [0.4, 0.5) is 16.2 Å². The van der Waals surface area contributed by atoms with Crippen molar-refractivity contribution in [3.05, 3.63) is 71.1 Å². The molecule has 1 aromatic carbocycles. The van der Waals surface area contributed by atoms with Gasteiger partial charge < -0.3 is 19.8 Å². The first-order chi connectivity index (χ1) is 16.0. The highest BCUT2D eigenvalue weighted by Crippen LogP contribution is 2.31. The first kappa shape index (κ1) is 20.8. The summed E-state index contributed by atoms with van der Waals surface area (Å²) in [5.41, 5.74) is 3.42. The highest BCUT2D eigenvalue weighted by molar-refractivity contribution is 5.78. The fourth-order valence-electron chi connectivity index (χ4n) is 3.89. The SMILES string of the molecule is [C-]#[N+]c1cn2c(NCc3c(F)ccc4c3CCO4)ncc(-c3cnc(CN(C)C)nc3)c2n1. The van der Waals surface area contributed by atoms with Gasteiger partial charge in [0.2, 0.25) is 11.6 Å². The summed E-state index contributed by atoms with van der Waals surface area (Å²) in [6.45, 7) is 8.79. The molecule has 1 aliphatic rings. The highest BCUT2D eigenvalue weighted by Gasteiger charge is 2.21. The molecule has 0 amide bonds. The van der Waals surface area contributed by atoms with E-state index in [1.807, 2.05) is 19.0 Å². The van der Waals surface area contributed by atoms with Crippen LogP contribution in [-0.4, -0.2) is 49.9 Å². The van der Waals surface area contributed by atoms with Crippen LogP contribution in [0.2, 0.25) is 0 Å². The lowest BCUT2D eigenvalue weighted by atomic mass is 10.0. The van der Waals surface area contributed by atoms with E-state index in [1.54, 1.807) is 35.3 Å². The Balaban J connectivity index is 1.49. The number of ether oxygens (including phenoxy) is 1. The Bertz CT molecular complexity index is 1370. The number of halogens is 1. The standard InChI is InChI=1S/C23H21FN8O/c1-25-20-13-32-22(30-20)16(14-8-26-21(27-9-14)12-31(2)3)10-28-23(32)29-11-17-15-6-7-33-19(15)5-4-18(17)24/h4-5,8-10,13H,6-7,11-12H2,2-3H3,(H,28,29). The predicted molar refractivity (Wildman–Crippen MR) is 121 cm³/mol. The van der Waals surface area contributed by atoms with Crippen molar-refractivity contribution in [1.82, 2.24) is 29.2 Å². The van der Waals surface area contributed by atoms with Crippen molar-refractivity contribution < 1.29 is 9.13 Å². The van der Waals surface area contributed by atoms with Crippen molar-refractivity contribution >= 4 is 17.4 Å². The molecule has 0 bridgehead atoms. The van der Waals surface area contributed by atoms with Gasteiger partial charge in [-0.25, -0.2) is 19.3 Å². The van der Waals surface area contributed by atoms with E-state index in [0.29, 0.717) is 48.1 Å². The number of rotatable bonds is 6. The summed E-state index contributed by atoms with van der Waals surface area (Å²) in [5.74, 6) is 1.83. The second-order valence-electron chi connectivity index (χ2n) is 7.98. The van der Waals surface area contributed by atoms with Gasteiger partial charge in [0, 0.05) is 54.4 Å². The van der Waals surface area contributed by atoms with E-state index >= 15 is 0 Å². The van der Waals surface area contributed by atoms with E-state index in [2.05, 4.69) is 30.1 Å². The van der Waals surface area contributed by atoms with Crippen LogP contribution >= 0.6 is 0 Å². The number of nitrogens with zero attached hydrogens (tertiary/aromatic N) is 7. The molecule has 0 spiro atoms. The maximum Gasteiger partial charge on any atom is 0.288 e. The van der Waals surface area contributed by atoms with Gasteiger partial charge in [-0.3, -0.25) is 4.40 Å². The van der Waals surface area contributed by atoms with Gasteiger partial charge in [-0.1, -0.05) is 11.6 Å². The lowest BCUT2D eigenvalue weighted by Gasteiger charge is -2.12. The van der Waals surface area contributed by atoms with Crippen molar-refractivity contribution in [2.24, 2.45) is 0 Å². The summed E-state index contributed by atoms with van der Waals surface area (Å²) in [7, 11) is 3.91. The van der Waals surface area contributed by atoms with Crippen molar-refractivity contribution in [2.75, 3.05) is 26.0 Å². The van der Waals surface area contributed by atoms with Crippen molar-refractivity contribution in [1.29, 1.82) is 0 Å². The summed E-state index contributed by atoms with van der Waals surface area (Å²) < 4.78 is 21.8. The number of anilines is 1. The number of benzene rings is 1. The zero-order chi connectivity index (χ0) is 22.9. The second-order valence-corrected chi connectivity index (χ2v) is 7.98. The zero-order valence-electron chi connectivity index (χ0n) is 18.2. The number of hydrogen-bond acceptors (Lipinski definition) is 7. The normalized spacial score (nSPS) is 12.6. The number of hydrogen-bond donors (Lipinski definition) is 1. The van der Waals surface area contributed by atoms with E-state index in [-0.39, 0.29) is 18.2 Å². The van der Waals surface area contributed by atoms with Gasteiger partial charge in [0.05, 0.1) is 18.7 Å². The molecule has 4 aromatic rings. The van der Waals surface area contributed by atoms with Gasteiger partial charge in [-0.15, -0.1) is 0 Å². The number of imidazole rings is 1. The van der Waals surface area contributed by atoms with Crippen LogP contribution in [0.25, 0.3) is 21.6 Å². The zero-order valence-corrected chi connectivity index (χ0v) is 18.2. The Labute approximate surface area is 189 Å². The molecular weight excluding hydrogens is 423 g/mol. The Morgan fingerprint density at radius 1 is 1.21 bits per heavy atom. The van der Waals surface area contributed by atoms with Gasteiger partial charge >= 0.3 is 0 Å². The molecule has 0 unspecified atom stereocenters. The Kier molecular flexibility index (Phi) is 5.32. The third kappa shape index (κ3) is 3.94. The van der Waals surface area contributed by atoms with Gasteiger partial charge in [0.25, 0.3) is 5.82 Å². The lowest BCUT2D eigenvalue weighted by Crippen LogP contribution is -2.13. The van der Waals surface area contributed by atoms with E-state index in [1.165, 1.54) is 6.07 Å². The van der Waals surface area contributed by atoms with E-state index in [4.69, 9.17) is 11.3 Å². The molecule has 1 aliphatic heterocycles. The van der Waals surface area contributed by atoms with Crippen LogP contribution in [-0.2, 0) is 19.5 Å². The summed E-state index contributed by atoms with van der Waals surface area (Å²) in [6, 6.07) is 3.08. The first-order valence-corrected chi connectivity index (χ1v) is 10.4. The molecule has 10 heteroatoms. The van der Waals surface area contributed by atoms with Crippen LogP contribution in [0, 0.1) is 12.4 Å². The van der Waals surface area contributed by atoms with Crippen molar-refractivity contribution in [2.45, 2.75) is 19.5 Å². The fraction of sp³-hybridized carbons (Fsp3) is 0.261. The summed E-state index contributed by atoms with van der Waals surface area (Å²) in [4.78, 5) is 23.3. The minimum atomic E-state index is -0.290. The van der Waals surface area contributed by atoms with Crippen LogP contribution in [0.5, 0.6) is 5.75 Å². The van der Waals surface area contributed by atoms with Crippen LogP contribution in [0.1, 0.15) is 17.0 Å². The van der Waals surface area contributed by atoms with Gasteiger partial charge in [0.1, 0.15) is 17.4 Å². The second kappa shape index (κ2) is 8.44. The molecule has 0 aliphatic carbocycles. The Hall–Kier alpha value is -4.10. The molecule has 0 fully saturated rings. The predicted octanol–water partition coefficient (Wildman–Crippen LogP) is 3.48. The van der Waals surface area contributed by atoms with Gasteiger partial charge in [0.15, 0.2) is 0 Å². The van der Waals surface area contributed by atoms with Crippen LogP contribution < -0.4 is 10.1 Å². The van der Waals surface area contributed by atoms with Crippen LogP contribution in [0.3, 0.4) is 0 Å². The molecule has 0 saturated heterocycles. The van der Waals surface area contributed by atoms with E-state index < -0.39 is 0 Å². The van der Waals surface area contributed by atoms with E-state index in [9.17, 15) is 4.39 Å². The van der Waals surface area contributed by atoms with Gasteiger partial charge in [-0.05, 0) is 26.2 Å². The van der Waals surface area contributed by atoms with Crippen LogP contribution in [0.15, 0.2) is 36.9 Å². The largest absolute Gasteiger partial charge is 0.493 e. The van der Waals surface area contributed by atoms with Crippen molar-refractivity contribution in [3.8, 4) is 16.9 Å². The average molecular weight is 444 g/mol. The molecule has 0 atom stereocenters. The summed E-state index contributed by atoms with van der Waals surface area (Å²) in [5, 5.41) is 3.20. The molecule has 9 nitrogen and oxygen atoms in total. The Morgan fingerprint density at radius 2 is 2.03 bits per heavy atom. The number of nitrogens with one attached hydrogen (secondary N) is 1. The molecule has 4 heterocycles. The maximum atomic E-state index is 14.5. The molecule has 3 aromatic heterocycles. The molecule has 5 rings (SSSR count). The van der Waals surface area contributed by atoms with Gasteiger partial charge in [-0.2, -0.15) is 0 Å². The topological polar surface area (TPSA) is 84.8 Å². The minimum Gasteiger partial charge on any atom is -0.493 e.